The van der Waals surface area contributed by atoms with Crippen LogP contribution >= 0.6 is 34.7 Å². The summed E-state index contributed by atoms with van der Waals surface area (Å²) in [5.74, 6) is 0.381. The molecule has 2 aromatic carbocycles. The van der Waals surface area contributed by atoms with Gasteiger partial charge in [0.05, 0.1) is 37.5 Å². The molecule has 1 aromatic heterocycles. The van der Waals surface area contributed by atoms with Crippen molar-refractivity contribution in [2.24, 2.45) is 5.73 Å². The summed E-state index contributed by atoms with van der Waals surface area (Å²) in [5.41, 5.74) is 9.38. The summed E-state index contributed by atoms with van der Waals surface area (Å²) < 4.78 is 11.4. The number of benzene rings is 2. The number of rotatable bonds is 8. The predicted molar refractivity (Wildman–Crippen MR) is 158 cm³/mol. The molecule has 0 saturated heterocycles. The number of aromatic nitrogens is 2. The predicted octanol–water partition coefficient (Wildman–Crippen LogP) is 5.24. The highest BCUT2D eigenvalue weighted by Gasteiger charge is 2.41. The molecule has 0 radical (unpaired) electrons. The number of halogens is 1. The number of ether oxygens (including phenoxy) is 2. The minimum atomic E-state index is -0.657. The van der Waals surface area contributed by atoms with Crippen molar-refractivity contribution in [3.8, 4) is 17.6 Å². The molecule has 3 aromatic rings. The van der Waals surface area contributed by atoms with E-state index in [0.717, 1.165) is 0 Å². The molecule has 3 N–H and O–H groups in total. The molecule has 0 fully saturated rings. The first-order valence-corrected chi connectivity index (χ1v) is 14.7. The molecular weight excluding hydrogens is 584 g/mol. The first-order valence-electron chi connectivity index (χ1n) is 12.5. The third kappa shape index (κ3) is 5.74. The number of Topliss-reactive ketones (excluding diaryl/α,β-unsaturated/α-hetero) is 1. The van der Waals surface area contributed by atoms with Gasteiger partial charge in [-0.15, -0.1) is 10.2 Å². The van der Waals surface area contributed by atoms with Gasteiger partial charge in [0, 0.05) is 28.4 Å². The van der Waals surface area contributed by atoms with Crippen LogP contribution in [0.15, 0.2) is 69.5 Å². The Morgan fingerprint density at radius 3 is 2.76 bits per heavy atom. The largest absolute Gasteiger partial charge is 0.493 e. The van der Waals surface area contributed by atoms with Crippen molar-refractivity contribution in [1.29, 1.82) is 5.26 Å². The summed E-state index contributed by atoms with van der Waals surface area (Å²) in [7, 11) is 3.07. The number of carbonyl (C=O) groups is 2. The van der Waals surface area contributed by atoms with E-state index in [1.165, 1.54) is 30.2 Å². The topological polar surface area (TPSA) is 143 Å². The van der Waals surface area contributed by atoms with Gasteiger partial charge in [0.2, 0.25) is 11.0 Å². The summed E-state index contributed by atoms with van der Waals surface area (Å²) in [4.78, 5) is 27.5. The highest BCUT2D eigenvalue weighted by atomic mass is 35.5. The van der Waals surface area contributed by atoms with Crippen LogP contribution in [0.2, 0.25) is 5.02 Å². The minimum absolute atomic E-state index is 0.0481. The van der Waals surface area contributed by atoms with Gasteiger partial charge >= 0.3 is 0 Å². The summed E-state index contributed by atoms with van der Waals surface area (Å²) in [6.07, 6.45) is 1.59. The third-order valence-electron chi connectivity index (χ3n) is 6.68. The van der Waals surface area contributed by atoms with Gasteiger partial charge in [-0.3, -0.25) is 14.5 Å². The monoisotopic (exact) mass is 608 g/mol. The molecule has 1 amide bonds. The molecule has 41 heavy (non-hydrogen) atoms. The van der Waals surface area contributed by atoms with Crippen molar-refractivity contribution in [3.63, 3.8) is 0 Å². The van der Waals surface area contributed by atoms with E-state index >= 15 is 0 Å². The average molecular weight is 609 g/mol. The average Bonchev–Trinajstić information content (AvgIpc) is 3.43. The van der Waals surface area contributed by atoms with Gasteiger partial charge in [0.25, 0.3) is 0 Å². The Hall–Kier alpha value is -4.05. The van der Waals surface area contributed by atoms with Crippen molar-refractivity contribution in [3.05, 3.63) is 75.7 Å². The highest BCUT2D eigenvalue weighted by Crippen LogP contribution is 2.48. The fraction of sp³-hybridized carbons (Fsp3) is 0.250. The summed E-state index contributed by atoms with van der Waals surface area (Å²) >= 11 is 8.44. The number of nitrogens with two attached hydrogens (primary N) is 1. The maximum atomic E-state index is 13.4. The van der Waals surface area contributed by atoms with E-state index in [1.807, 2.05) is 6.07 Å². The van der Waals surface area contributed by atoms with Crippen LogP contribution in [-0.4, -0.2) is 41.9 Å². The minimum Gasteiger partial charge on any atom is -0.493 e. The van der Waals surface area contributed by atoms with E-state index in [2.05, 4.69) is 21.6 Å². The Kier molecular flexibility index (Phi) is 8.49. The zero-order valence-electron chi connectivity index (χ0n) is 22.1. The van der Waals surface area contributed by atoms with Crippen molar-refractivity contribution in [2.45, 2.75) is 29.5 Å². The van der Waals surface area contributed by atoms with Gasteiger partial charge in [-0.1, -0.05) is 46.8 Å². The number of hydrogen-bond donors (Lipinski definition) is 2. The Morgan fingerprint density at radius 1 is 1.22 bits per heavy atom. The summed E-state index contributed by atoms with van der Waals surface area (Å²) in [5, 5.41) is 22.5. The molecule has 0 spiro atoms. The van der Waals surface area contributed by atoms with Gasteiger partial charge in [-0.2, -0.15) is 5.26 Å². The van der Waals surface area contributed by atoms with E-state index in [4.69, 9.17) is 26.8 Å². The first-order chi connectivity index (χ1) is 19.8. The number of hydrogen-bond acceptors (Lipinski definition) is 11. The molecule has 1 atom stereocenters. The van der Waals surface area contributed by atoms with E-state index in [0.29, 0.717) is 67.8 Å². The Morgan fingerprint density at radius 2 is 2.02 bits per heavy atom. The zero-order valence-corrected chi connectivity index (χ0v) is 24.5. The van der Waals surface area contributed by atoms with Gasteiger partial charge < -0.3 is 20.5 Å². The van der Waals surface area contributed by atoms with E-state index in [1.54, 1.807) is 48.4 Å². The molecule has 1 aliphatic carbocycles. The normalized spacial score (nSPS) is 16.8. The van der Waals surface area contributed by atoms with E-state index < -0.39 is 5.92 Å². The lowest BCUT2D eigenvalue weighted by atomic mass is 9.75. The number of methoxy groups -OCH3 is 2. The molecule has 2 heterocycles. The Labute approximate surface area is 249 Å². The smallest absolute Gasteiger partial charge is 0.234 e. The molecule has 10 nitrogen and oxygen atoms in total. The summed E-state index contributed by atoms with van der Waals surface area (Å²) in [6.45, 7) is 0. The number of allylic oxidation sites excluding steroid dienone is 3. The lowest BCUT2D eigenvalue weighted by molar-refractivity contribution is -0.116. The van der Waals surface area contributed by atoms with Crippen molar-refractivity contribution in [2.75, 3.05) is 30.2 Å². The molecule has 2 aliphatic rings. The van der Waals surface area contributed by atoms with Gasteiger partial charge in [0.15, 0.2) is 21.6 Å². The van der Waals surface area contributed by atoms with Crippen LogP contribution in [0.25, 0.3) is 0 Å². The molecule has 210 valence electrons. The van der Waals surface area contributed by atoms with Crippen LogP contribution in [0.1, 0.15) is 30.7 Å². The third-order valence-corrected chi connectivity index (χ3v) is 8.95. The van der Waals surface area contributed by atoms with Crippen LogP contribution in [0.5, 0.6) is 11.5 Å². The highest BCUT2D eigenvalue weighted by molar-refractivity contribution is 8.01. The number of nitrogens with one attached hydrogen (secondary N) is 1. The maximum absolute atomic E-state index is 13.4. The molecule has 0 bridgehead atoms. The number of nitrogens with zero attached hydrogens (tertiary/aromatic N) is 4. The number of ketones is 1. The Balaban J connectivity index is 1.44. The standard InChI is InChI=1S/C28H25ClN6O4S2/c1-38-21-10-9-15(11-22(21)39-2)24-18(13-30)26(31)35(19-7-4-8-20(36)25(19)24)27-33-34-28(41-27)40-14-23(37)32-17-6-3-5-16(29)12-17/h3,5-6,9-12,24H,4,7-8,14,31H2,1-2H3,(H,32,37). The first kappa shape index (κ1) is 28.5. The molecular formula is C28H25ClN6O4S2. The lowest BCUT2D eigenvalue weighted by Gasteiger charge is -2.38. The van der Waals surface area contributed by atoms with Crippen molar-refractivity contribution in [1.82, 2.24) is 10.2 Å². The number of carbonyl (C=O) groups excluding carboxylic acids is 2. The number of anilines is 2. The van der Waals surface area contributed by atoms with Gasteiger partial charge in [-0.25, -0.2) is 0 Å². The van der Waals surface area contributed by atoms with Crippen LogP contribution < -0.4 is 25.4 Å². The summed E-state index contributed by atoms with van der Waals surface area (Å²) in [6, 6.07) is 14.5. The quantitative estimate of drug-likeness (QED) is 0.326. The zero-order chi connectivity index (χ0) is 29.1. The second kappa shape index (κ2) is 12.2. The second-order valence-electron chi connectivity index (χ2n) is 9.13. The molecule has 13 heteroatoms. The lowest BCUT2D eigenvalue weighted by Crippen LogP contribution is -2.38. The van der Waals surface area contributed by atoms with Gasteiger partial charge in [0.1, 0.15) is 5.82 Å². The van der Waals surface area contributed by atoms with E-state index in [-0.39, 0.29) is 28.8 Å². The fourth-order valence-electron chi connectivity index (χ4n) is 4.91. The number of thioether (sulfide) groups is 1. The molecule has 0 saturated carbocycles. The maximum Gasteiger partial charge on any atom is 0.234 e. The Bertz CT molecular complexity index is 1630. The molecule has 1 aliphatic heterocycles. The molecule has 1 unspecified atom stereocenters. The van der Waals surface area contributed by atoms with Gasteiger partial charge in [-0.05, 0) is 48.7 Å². The van der Waals surface area contributed by atoms with Crippen LogP contribution in [0, 0.1) is 11.3 Å². The van der Waals surface area contributed by atoms with Crippen LogP contribution in [0.4, 0.5) is 10.8 Å². The number of amides is 1. The second-order valence-corrected chi connectivity index (χ2v) is 11.7. The number of nitriles is 1. The van der Waals surface area contributed by atoms with E-state index in [9.17, 15) is 14.9 Å². The van der Waals surface area contributed by atoms with Crippen molar-refractivity contribution >= 4 is 57.2 Å². The van der Waals surface area contributed by atoms with Crippen molar-refractivity contribution < 1.29 is 19.1 Å². The fourth-order valence-corrected chi connectivity index (χ4v) is 6.78. The van der Waals surface area contributed by atoms with Crippen LogP contribution in [0.3, 0.4) is 0 Å². The van der Waals surface area contributed by atoms with Crippen LogP contribution in [-0.2, 0) is 9.59 Å². The SMILES string of the molecule is COc1ccc(C2C(C#N)=C(N)N(c3nnc(SCC(=O)Nc4cccc(Cl)c4)s3)C3=C2C(=O)CCC3)cc1OC. The molecule has 5 rings (SSSR count).